The number of hydrogen-bond donors (Lipinski definition) is 0. The fourth-order valence-corrected chi connectivity index (χ4v) is 8.03. The quantitative estimate of drug-likeness (QED) is 0.0262. The average Bonchev–Trinajstić information content (AvgIpc) is 3.30. The molecule has 0 aromatic heterocycles. The molecule has 0 rings (SSSR count). The first kappa shape index (κ1) is 62.4. The zero-order valence-corrected chi connectivity index (χ0v) is 43.3. The van der Waals surface area contributed by atoms with Crippen molar-refractivity contribution >= 4 is 17.9 Å². The van der Waals surface area contributed by atoms with Gasteiger partial charge in [0.25, 0.3) is 0 Å². The zero-order chi connectivity index (χ0) is 47.2. The Morgan fingerprint density at radius 1 is 0.308 bits per heavy atom. The van der Waals surface area contributed by atoms with Gasteiger partial charge in [-0.25, -0.2) is 0 Å². The van der Waals surface area contributed by atoms with Crippen LogP contribution in [0.1, 0.15) is 290 Å². The van der Waals surface area contributed by atoms with Crippen molar-refractivity contribution in [3.8, 4) is 0 Å². The van der Waals surface area contributed by atoms with E-state index in [4.69, 9.17) is 14.2 Å². The smallest absolute Gasteiger partial charge is 0.306 e. The van der Waals surface area contributed by atoms with Crippen LogP contribution in [-0.4, -0.2) is 37.2 Å². The van der Waals surface area contributed by atoms with Crippen molar-refractivity contribution in [3.05, 3.63) is 48.6 Å². The summed E-state index contributed by atoms with van der Waals surface area (Å²) in [6, 6.07) is 0. The summed E-state index contributed by atoms with van der Waals surface area (Å²) in [5.74, 6) is -0.892. The monoisotopic (exact) mass is 911 g/mol. The van der Waals surface area contributed by atoms with Gasteiger partial charge < -0.3 is 14.2 Å². The second kappa shape index (κ2) is 54.0. The first-order chi connectivity index (χ1) is 32.0. The minimum atomic E-state index is -0.780. The van der Waals surface area contributed by atoms with Crippen LogP contribution < -0.4 is 0 Å². The molecule has 0 aromatic rings. The molecule has 0 aliphatic carbocycles. The molecule has 0 aliphatic heterocycles. The lowest BCUT2D eigenvalue weighted by molar-refractivity contribution is -0.167. The third-order valence-electron chi connectivity index (χ3n) is 12.3. The molecule has 6 nitrogen and oxygen atoms in total. The van der Waals surface area contributed by atoms with Crippen LogP contribution in [0.25, 0.3) is 0 Å². The van der Waals surface area contributed by atoms with Crippen LogP contribution >= 0.6 is 0 Å². The molecule has 0 saturated heterocycles. The van der Waals surface area contributed by atoms with Gasteiger partial charge in [0.15, 0.2) is 6.10 Å². The van der Waals surface area contributed by atoms with E-state index in [0.29, 0.717) is 19.3 Å². The van der Waals surface area contributed by atoms with E-state index in [1.807, 2.05) is 0 Å². The number of esters is 3. The van der Waals surface area contributed by atoms with Crippen molar-refractivity contribution in [1.82, 2.24) is 0 Å². The summed E-state index contributed by atoms with van der Waals surface area (Å²) in [6.45, 7) is 6.60. The van der Waals surface area contributed by atoms with Crippen LogP contribution in [-0.2, 0) is 28.6 Å². The van der Waals surface area contributed by atoms with Crippen LogP contribution in [0.2, 0.25) is 0 Å². The lowest BCUT2D eigenvalue weighted by Gasteiger charge is -2.18. The molecule has 0 saturated carbocycles. The van der Waals surface area contributed by atoms with Crippen LogP contribution in [0.5, 0.6) is 0 Å². The summed E-state index contributed by atoms with van der Waals surface area (Å²) in [4.78, 5) is 38.1. The molecular weight excluding hydrogens is 805 g/mol. The number of carbonyl (C=O) groups excluding carboxylic acids is 3. The Morgan fingerprint density at radius 3 is 0.908 bits per heavy atom. The maximum Gasteiger partial charge on any atom is 0.306 e. The van der Waals surface area contributed by atoms with Crippen LogP contribution in [0.3, 0.4) is 0 Å². The summed E-state index contributed by atoms with van der Waals surface area (Å²) in [7, 11) is 0. The second-order valence-corrected chi connectivity index (χ2v) is 18.8. The first-order valence-electron chi connectivity index (χ1n) is 28.1. The minimum absolute atomic E-state index is 0.0789. The SMILES string of the molecule is CCCCC/C=C\C/C=C\C/C=C\CCCCCCC(=O)OC[C@H](COC(=O)CCCCCCCCCCC/C=C\CCCCCCCC)OC(=O)CCCCCCCCCCCCC. The van der Waals surface area contributed by atoms with E-state index in [9.17, 15) is 14.4 Å². The van der Waals surface area contributed by atoms with Gasteiger partial charge in [0.1, 0.15) is 13.2 Å². The Bertz CT molecular complexity index is 1140. The predicted molar refractivity (Wildman–Crippen MR) is 279 cm³/mol. The highest BCUT2D eigenvalue weighted by Gasteiger charge is 2.19. The highest BCUT2D eigenvalue weighted by atomic mass is 16.6. The van der Waals surface area contributed by atoms with Crippen molar-refractivity contribution in [1.29, 1.82) is 0 Å². The Hall–Kier alpha value is -2.63. The fourth-order valence-electron chi connectivity index (χ4n) is 8.03. The molecule has 0 aliphatic rings. The van der Waals surface area contributed by atoms with E-state index >= 15 is 0 Å². The van der Waals surface area contributed by atoms with Gasteiger partial charge in [-0.3, -0.25) is 14.4 Å². The summed E-state index contributed by atoms with van der Waals surface area (Å²) in [5.41, 5.74) is 0. The van der Waals surface area contributed by atoms with Gasteiger partial charge in [-0.2, -0.15) is 0 Å². The first-order valence-corrected chi connectivity index (χ1v) is 28.1. The highest BCUT2D eigenvalue weighted by Crippen LogP contribution is 2.15. The molecular formula is C59H106O6. The molecule has 65 heavy (non-hydrogen) atoms. The Kier molecular flexibility index (Phi) is 51.8. The molecule has 1 atom stereocenters. The van der Waals surface area contributed by atoms with E-state index in [0.717, 1.165) is 83.5 Å². The van der Waals surface area contributed by atoms with Crippen LogP contribution in [0.15, 0.2) is 48.6 Å². The predicted octanol–water partition coefficient (Wildman–Crippen LogP) is 18.7. The molecule has 0 amide bonds. The lowest BCUT2D eigenvalue weighted by atomic mass is 10.1. The van der Waals surface area contributed by atoms with Crippen LogP contribution in [0.4, 0.5) is 0 Å². The molecule has 0 fully saturated rings. The molecule has 0 spiro atoms. The van der Waals surface area contributed by atoms with Crippen molar-refractivity contribution in [3.63, 3.8) is 0 Å². The maximum absolute atomic E-state index is 12.8. The fraction of sp³-hybridized carbons (Fsp3) is 0.814. The van der Waals surface area contributed by atoms with Crippen molar-refractivity contribution in [2.24, 2.45) is 0 Å². The largest absolute Gasteiger partial charge is 0.462 e. The summed E-state index contributed by atoms with van der Waals surface area (Å²) >= 11 is 0. The number of rotatable bonds is 51. The Morgan fingerprint density at radius 2 is 0.554 bits per heavy atom. The van der Waals surface area contributed by atoms with Crippen molar-refractivity contribution in [2.45, 2.75) is 297 Å². The summed E-state index contributed by atoms with van der Waals surface area (Å²) in [5, 5.41) is 0. The number of unbranched alkanes of at least 4 members (excludes halogenated alkanes) is 32. The van der Waals surface area contributed by atoms with Gasteiger partial charge in [-0.15, -0.1) is 0 Å². The minimum Gasteiger partial charge on any atom is -0.462 e. The molecule has 6 heteroatoms. The molecule has 0 bridgehead atoms. The van der Waals surface area contributed by atoms with Gasteiger partial charge in [-0.05, 0) is 83.5 Å². The Labute approximate surface area is 403 Å². The second-order valence-electron chi connectivity index (χ2n) is 18.8. The zero-order valence-electron chi connectivity index (χ0n) is 43.3. The summed E-state index contributed by atoms with van der Waals surface area (Å²) < 4.78 is 16.8. The van der Waals surface area contributed by atoms with E-state index in [1.54, 1.807) is 0 Å². The molecule has 0 radical (unpaired) electrons. The van der Waals surface area contributed by atoms with Gasteiger partial charge in [0.05, 0.1) is 0 Å². The van der Waals surface area contributed by atoms with E-state index in [2.05, 4.69) is 69.4 Å². The standard InChI is InChI=1S/C59H106O6/c1-4-7-10-13-16-19-22-24-26-28-29-31-33-35-38-40-43-46-49-52-58(61)64-55-56(65-59(62)53-50-47-44-41-36-21-18-15-12-9-6-3)54-63-57(60)51-48-45-42-39-37-34-32-30-27-25-23-20-17-14-11-8-5-2/h17,20,24-27,32,34,56H,4-16,18-19,21-23,28-31,33,35-55H2,1-3H3/b20-17-,26-24-,27-25-,34-32-/t56-/m1/s1. The number of carbonyl (C=O) groups is 3. The van der Waals surface area contributed by atoms with Crippen LogP contribution in [0, 0.1) is 0 Å². The highest BCUT2D eigenvalue weighted by molar-refractivity contribution is 5.71. The van der Waals surface area contributed by atoms with Gasteiger partial charge in [-0.1, -0.05) is 236 Å². The number of hydrogen-bond acceptors (Lipinski definition) is 6. The molecule has 0 heterocycles. The topological polar surface area (TPSA) is 78.9 Å². The third kappa shape index (κ3) is 52.2. The van der Waals surface area contributed by atoms with Crippen molar-refractivity contribution < 1.29 is 28.6 Å². The number of allylic oxidation sites excluding steroid dienone is 8. The third-order valence-corrected chi connectivity index (χ3v) is 12.3. The molecule has 0 N–H and O–H groups in total. The maximum atomic E-state index is 12.8. The molecule has 378 valence electrons. The van der Waals surface area contributed by atoms with Gasteiger partial charge in [0.2, 0.25) is 0 Å². The lowest BCUT2D eigenvalue weighted by Crippen LogP contribution is -2.30. The number of ether oxygens (including phenoxy) is 3. The van der Waals surface area contributed by atoms with E-state index in [1.165, 1.54) is 167 Å². The average molecular weight is 911 g/mol. The Balaban J connectivity index is 4.33. The van der Waals surface area contributed by atoms with Gasteiger partial charge in [0, 0.05) is 19.3 Å². The van der Waals surface area contributed by atoms with Crippen molar-refractivity contribution in [2.75, 3.05) is 13.2 Å². The van der Waals surface area contributed by atoms with E-state index < -0.39 is 6.10 Å². The van der Waals surface area contributed by atoms with Gasteiger partial charge >= 0.3 is 17.9 Å². The summed E-state index contributed by atoms with van der Waals surface area (Å²) in [6.07, 6.45) is 65.2. The normalized spacial score (nSPS) is 12.4. The van der Waals surface area contributed by atoms with E-state index in [-0.39, 0.29) is 31.1 Å². The molecule has 0 aromatic carbocycles. The molecule has 0 unspecified atom stereocenters.